The molecule has 3 aromatic carbocycles. The average Bonchev–Trinajstić information content (AvgIpc) is 2.72. The Morgan fingerprint density at radius 3 is 1.89 bits per heavy atom. The number of hydrogen-bond acceptors (Lipinski definition) is 2. The van der Waals surface area contributed by atoms with Crippen LogP contribution in [0.3, 0.4) is 0 Å². The van der Waals surface area contributed by atoms with Crippen molar-refractivity contribution >= 4 is 5.69 Å². The summed E-state index contributed by atoms with van der Waals surface area (Å²) in [6.07, 6.45) is 1.84. The molecule has 1 N–H and O–H groups in total. The fraction of sp³-hybridized carbons (Fsp3) is 0.280. The molecule has 0 atom stereocenters. The van der Waals surface area contributed by atoms with Crippen LogP contribution in [0.25, 0.3) is 22.3 Å². The Balaban J connectivity index is 2.05. The van der Waals surface area contributed by atoms with E-state index in [-0.39, 0.29) is 6.61 Å². The molecule has 0 aliphatic heterocycles. The lowest BCUT2D eigenvalue weighted by Crippen LogP contribution is -2.31. The summed E-state index contributed by atoms with van der Waals surface area (Å²) in [5.41, 5.74) is 6.22. The van der Waals surface area contributed by atoms with Gasteiger partial charge in [0.05, 0.1) is 0 Å². The molecular weight excluding hydrogens is 330 g/mol. The molecule has 0 fully saturated rings. The molecule has 0 amide bonds. The van der Waals surface area contributed by atoms with Gasteiger partial charge in [-0.2, -0.15) is 0 Å². The van der Waals surface area contributed by atoms with Crippen LogP contribution in [-0.2, 0) is 0 Å². The predicted molar refractivity (Wildman–Crippen MR) is 116 cm³/mol. The van der Waals surface area contributed by atoms with Crippen LogP contribution in [0.5, 0.6) is 0 Å². The van der Waals surface area contributed by atoms with E-state index in [1.165, 1.54) is 27.9 Å². The van der Waals surface area contributed by atoms with Gasteiger partial charge in [0, 0.05) is 24.9 Å². The molecule has 0 radical (unpaired) electrons. The summed E-state index contributed by atoms with van der Waals surface area (Å²) in [7, 11) is 0. The van der Waals surface area contributed by atoms with Gasteiger partial charge in [-0.15, -0.1) is 0 Å². The highest BCUT2D eigenvalue weighted by Gasteiger charge is 2.14. The molecule has 0 unspecified atom stereocenters. The van der Waals surface area contributed by atoms with Crippen molar-refractivity contribution in [3.05, 3.63) is 78.9 Å². The first-order valence-electron chi connectivity index (χ1n) is 9.83. The van der Waals surface area contributed by atoms with Gasteiger partial charge in [0.2, 0.25) is 0 Å². The van der Waals surface area contributed by atoms with Crippen LogP contribution >= 0.6 is 0 Å². The Kier molecular flexibility index (Phi) is 6.67. The number of aliphatic hydroxyl groups excluding tert-OH is 1. The van der Waals surface area contributed by atoms with E-state index in [4.69, 9.17) is 5.11 Å². The van der Waals surface area contributed by atoms with Gasteiger partial charge in [0.1, 0.15) is 0 Å². The van der Waals surface area contributed by atoms with Gasteiger partial charge in [-0.1, -0.05) is 66.7 Å². The smallest absolute Gasteiger partial charge is 0.0431 e. The molecular formula is C25H29NO. The molecule has 0 aliphatic carbocycles. The number of anilines is 1. The molecule has 2 heteroatoms. The zero-order chi connectivity index (χ0) is 19.1. The van der Waals surface area contributed by atoms with Gasteiger partial charge in [-0.05, 0) is 61.1 Å². The number of unbranched alkanes of at least 4 members (excludes halogenated alkanes) is 1. The van der Waals surface area contributed by atoms with E-state index in [0.29, 0.717) is 6.04 Å². The molecule has 27 heavy (non-hydrogen) atoms. The Morgan fingerprint density at radius 1 is 0.741 bits per heavy atom. The molecule has 0 aromatic heterocycles. The van der Waals surface area contributed by atoms with Crippen LogP contribution < -0.4 is 4.90 Å². The number of benzene rings is 3. The fourth-order valence-corrected chi connectivity index (χ4v) is 3.52. The van der Waals surface area contributed by atoms with E-state index >= 15 is 0 Å². The monoisotopic (exact) mass is 359 g/mol. The van der Waals surface area contributed by atoms with Crippen LogP contribution in [0, 0.1) is 0 Å². The zero-order valence-electron chi connectivity index (χ0n) is 16.3. The van der Waals surface area contributed by atoms with Crippen molar-refractivity contribution in [3.63, 3.8) is 0 Å². The minimum Gasteiger partial charge on any atom is -0.396 e. The predicted octanol–water partition coefficient (Wildman–Crippen LogP) is 6.01. The van der Waals surface area contributed by atoms with E-state index in [0.717, 1.165) is 19.4 Å². The van der Waals surface area contributed by atoms with Crippen LogP contribution in [0.1, 0.15) is 26.7 Å². The first kappa shape index (κ1) is 19.2. The first-order chi connectivity index (χ1) is 13.2. The van der Waals surface area contributed by atoms with Crippen LogP contribution in [0.2, 0.25) is 0 Å². The van der Waals surface area contributed by atoms with Crippen molar-refractivity contribution in [2.45, 2.75) is 32.7 Å². The summed E-state index contributed by atoms with van der Waals surface area (Å²) in [5, 5.41) is 9.13. The molecule has 0 aliphatic rings. The summed E-state index contributed by atoms with van der Waals surface area (Å²) in [5.74, 6) is 0. The maximum Gasteiger partial charge on any atom is 0.0431 e. The second kappa shape index (κ2) is 9.38. The summed E-state index contributed by atoms with van der Waals surface area (Å²) < 4.78 is 0. The van der Waals surface area contributed by atoms with Crippen LogP contribution in [0.15, 0.2) is 78.9 Å². The van der Waals surface area contributed by atoms with Gasteiger partial charge >= 0.3 is 0 Å². The fourth-order valence-electron chi connectivity index (χ4n) is 3.52. The maximum absolute atomic E-state index is 9.13. The maximum atomic E-state index is 9.13. The Morgan fingerprint density at radius 2 is 1.33 bits per heavy atom. The molecule has 0 saturated heterocycles. The minimum atomic E-state index is 0.258. The van der Waals surface area contributed by atoms with Gasteiger partial charge in [-0.25, -0.2) is 0 Å². The standard InChI is InChI=1S/C25H29NO/c1-20(2)26(17-9-10-18-27)23-15-16-24(21-11-5-3-6-12-21)25(19-23)22-13-7-4-8-14-22/h3-8,11-16,19-20,27H,9-10,17-18H2,1-2H3. The Hall–Kier alpha value is -2.58. The Labute approximate surface area is 163 Å². The van der Waals surface area contributed by atoms with Crippen molar-refractivity contribution in [2.75, 3.05) is 18.1 Å². The van der Waals surface area contributed by atoms with Crippen molar-refractivity contribution < 1.29 is 5.11 Å². The second-order valence-corrected chi connectivity index (χ2v) is 7.18. The first-order valence-corrected chi connectivity index (χ1v) is 9.83. The SMILES string of the molecule is CC(C)N(CCCCO)c1ccc(-c2ccccc2)c(-c2ccccc2)c1. The largest absolute Gasteiger partial charge is 0.396 e. The lowest BCUT2D eigenvalue weighted by Gasteiger charge is -2.30. The Bertz CT molecular complexity index is 827. The molecule has 2 nitrogen and oxygen atoms in total. The highest BCUT2D eigenvalue weighted by molar-refractivity contribution is 5.86. The summed E-state index contributed by atoms with van der Waals surface area (Å²) >= 11 is 0. The number of hydrogen-bond donors (Lipinski definition) is 1. The number of rotatable bonds is 8. The van der Waals surface area contributed by atoms with E-state index in [1.54, 1.807) is 0 Å². The van der Waals surface area contributed by atoms with Crippen molar-refractivity contribution in [1.82, 2.24) is 0 Å². The van der Waals surface area contributed by atoms with E-state index in [1.807, 2.05) is 0 Å². The van der Waals surface area contributed by atoms with Crippen molar-refractivity contribution in [1.29, 1.82) is 0 Å². The average molecular weight is 360 g/mol. The third kappa shape index (κ3) is 4.78. The number of nitrogens with zero attached hydrogens (tertiary/aromatic N) is 1. The third-order valence-corrected chi connectivity index (χ3v) is 4.93. The van der Waals surface area contributed by atoms with Crippen LogP contribution in [-0.4, -0.2) is 24.3 Å². The molecule has 140 valence electrons. The third-order valence-electron chi connectivity index (χ3n) is 4.93. The molecule has 3 aromatic rings. The molecule has 3 rings (SSSR count). The highest BCUT2D eigenvalue weighted by atomic mass is 16.2. The molecule has 0 saturated carbocycles. The molecule has 0 bridgehead atoms. The molecule has 0 spiro atoms. The minimum absolute atomic E-state index is 0.258. The summed E-state index contributed by atoms with van der Waals surface area (Å²) in [6.45, 7) is 5.67. The van der Waals surface area contributed by atoms with Gasteiger partial charge in [0.25, 0.3) is 0 Å². The summed E-state index contributed by atoms with van der Waals surface area (Å²) in [4.78, 5) is 2.43. The number of aliphatic hydroxyl groups is 1. The second-order valence-electron chi connectivity index (χ2n) is 7.18. The molecule has 0 heterocycles. The van der Waals surface area contributed by atoms with Crippen molar-refractivity contribution in [3.8, 4) is 22.3 Å². The van der Waals surface area contributed by atoms with Crippen LogP contribution in [0.4, 0.5) is 5.69 Å². The van der Waals surface area contributed by atoms with E-state index in [2.05, 4.69) is 97.6 Å². The van der Waals surface area contributed by atoms with Crippen molar-refractivity contribution in [2.24, 2.45) is 0 Å². The van der Waals surface area contributed by atoms with E-state index in [9.17, 15) is 0 Å². The zero-order valence-corrected chi connectivity index (χ0v) is 16.3. The quantitative estimate of drug-likeness (QED) is 0.498. The lowest BCUT2D eigenvalue weighted by molar-refractivity contribution is 0.284. The normalized spacial score (nSPS) is 11.0. The lowest BCUT2D eigenvalue weighted by atomic mass is 9.93. The van der Waals surface area contributed by atoms with Gasteiger partial charge < -0.3 is 10.0 Å². The summed E-state index contributed by atoms with van der Waals surface area (Å²) in [6, 6.07) is 28.4. The van der Waals surface area contributed by atoms with E-state index < -0.39 is 0 Å². The van der Waals surface area contributed by atoms with Gasteiger partial charge in [0.15, 0.2) is 0 Å². The highest BCUT2D eigenvalue weighted by Crippen LogP contribution is 2.35. The van der Waals surface area contributed by atoms with Gasteiger partial charge in [-0.3, -0.25) is 0 Å². The topological polar surface area (TPSA) is 23.5 Å².